The van der Waals surface area contributed by atoms with Crippen LogP contribution in [-0.2, 0) is 9.59 Å². The monoisotopic (exact) mass is 213 g/mol. The molecule has 1 saturated heterocycles. The molecule has 0 aromatic carbocycles. The maximum atomic E-state index is 11.9. The molecule has 0 radical (unpaired) electrons. The molecule has 0 aliphatic carbocycles. The lowest BCUT2D eigenvalue weighted by atomic mass is 9.86. The Morgan fingerprint density at radius 2 is 2.20 bits per heavy atom. The molecule has 2 atom stereocenters. The lowest BCUT2D eigenvalue weighted by molar-refractivity contribution is -0.148. The Morgan fingerprint density at radius 1 is 1.53 bits per heavy atom. The van der Waals surface area contributed by atoms with Crippen LogP contribution in [0.3, 0.4) is 0 Å². The summed E-state index contributed by atoms with van der Waals surface area (Å²) >= 11 is 0. The summed E-state index contributed by atoms with van der Waals surface area (Å²) in [5, 5.41) is 8.91. The standard InChI is InChI=1S/C11H19NO3/c1-3-9(11(14)15)10(13)8-5-4-6-12(2)7-8/h8-9H,3-7H2,1-2H3,(H,14,15). The highest BCUT2D eigenvalue weighted by Crippen LogP contribution is 2.21. The second kappa shape index (κ2) is 5.26. The summed E-state index contributed by atoms with van der Waals surface area (Å²) < 4.78 is 0. The van der Waals surface area contributed by atoms with Gasteiger partial charge in [-0.2, -0.15) is 0 Å². The first kappa shape index (κ1) is 12.2. The average molecular weight is 213 g/mol. The van der Waals surface area contributed by atoms with Gasteiger partial charge in [-0.05, 0) is 32.9 Å². The molecular weight excluding hydrogens is 194 g/mol. The first-order valence-corrected chi connectivity index (χ1v) is 5.51. The van der Waals surface area contributed by atoms with Gasteiger partial charge in [-0.1, -0.05) is 6.92 Å². The lowest BCUT2D eigenvalue weighted by Gasteiger charge is -2.29. The van der Waals surface area contributed by atoms with Crippen LogP contribution in [0.5, 0.6) is 0 Å². The highest BCUT2D eigenvalue weighted by atomic mass is 16.4. The zero-order valence-corrected chi connectivity index (χ0v) is 9.40. The Morgan fingerprint density at radius 3 is 2.67 bits per heavy atom. The van der Waals surface area contributed by atoms with Crippen LogP contribution >= 0.6 is 0 Å². The smallest absolute Gasteiger partial charge is 0.314 e. The molecule has 0 saturated carbocycles. The summed E-state index contributed by atoms with van der Waals surface area (Å²) in [6.07, 6.45) is 2.23. The molecule has 0 aromatic heterocycles. The van der Waals surface area contributed by atoms with Crippen LogP contribution in [0.2, 0.25) is 0 Å². The zero-order chi connectivity index (χ0) is 11.4. The van der Waals surface area contributed by atoms with Crippen LogP contribution in [-0.4, -0.2) is 41.9 Å². The van der Waals surface area contributed by atoms with Crippen molar-refractivity contribution in [3.05, 3.63) is 0 Å². The van der Waals surface area contributed by atoms with Crippen LogP contribution < -0.4 is 0 Å². The third-order valence-corrected chi connectivity index (χ3v) is 3.08. The zero-order valence-electron chi connectivity index (χ0n) is 9.40. The van der Waals surface area contributed by atoms with Crippen molar-refractivity contribution in [2.45, 2.75) is 26.2 Å². The van der Waals surface area contributed by atoms with Gasteiger partial charge in [-0.3, -0.25) is 9.59 Å². The molecule has 86 valence electrons. The van der Waals surface area contributed by atoms with Crippen molar-refractivity contribution in [2.75, 3.05) is 20.1 Å². The minimum Gasteiger partial charge on any atom is -0.481 e. The number of hydrogen-bond acceptors (Lipinski definition) is 3. The van der Waals surface area contributed by atoms with E-state index in [1.165, 1.54) is 0 Å². The first-order chi connectivity index (χ1) is 7.06. The second-order valence-corrected chi connectivity index (χ2v) is 4.30. The molecule has 2 unspecified atom stereocenters. The van der Waals surface area contributed by atoms with E-state index < -0.39 is 11.9 Å². The van der Waals surface area contributed by atoms with Crippen molar-refractivity contribution in [1.29, 1.82) is 0 Å². The van der Waals surface area contributed by atoms with Crippen LogP contribution in [0, 0.1) is 11.8 Å². The van der Waals surface area contributed by atoms with E-state index >= 15 is 0 Å². The normalized spacial score (nSPS) is 24.8. The van der Waals surface area contributed by atoms with Crippen molar-refractivity contribution in [3.63, 3.8) is 0 Å². The number of carboxylic acid groups (broad SMARTS) is 1. The van der Waals surface area contributed by atoms with E-state index in [0.29, 0.717) is 13.0 Å². The van der Waals surface area contributed by atoms with Gasteiger partial charge in [-0.15, -0.1) is 0 Å². The molecule has 1 rings (SSSR count). The van der Waals surface area contributed by atoms with E-state index in [4.69, 9.17) is 5.11 Å². The Hall–Kier alpha value is -0.900. The van der Waals surface area contributed by atoms with E-state index in [2.05, 4.69) is 4.90 Å². The van der Waals surface area contributed by atoms with E-state index in [9.17, 15) is 9.59 Å². The Kier molecular flexibility index (Phi) is 4.27. The first-order valence-electron chi connectivity index (χ1n) is 5.51. The fraction of sp³-hybridized carbons (Fsp3) is 0.818. The molecule has 0 bridgehead atoms. The number of carbonyl (C=O) groups excluding carboxylic acids is 1. The number of hydrogen-bond donors (Lipinski definition) is 1. The van der Waals surface area contributed by atoms with Crippen LogP contribution in [0.1, 0.15) is 26.2 Å². The molecule has 4 heteroatoms. The van der Waals surface area contributed by atoms with Gasteiger partial charge in [0.1, 0.15) is 5.92 Å². The summed E-state index contributed by atoms with van der Waals surface area (Å²) in [6, 6.07) is 0. The maximum Gasteiger partial charge on any atom is 0.314 e. The number of rotatable bonds is 4. The maximum absolute atomic E-state index is 11.9. The van der Waals surface area contributed by atoms with Crippen molar-refractivity contribution in [3.8, 4) is 0 Å². The number of likely N-dealkylation sites (tertiary alicyclic amines) is 1. The van der Waals surface area contributed by atoms with E-state index in [-0.39, 0.29) is 11.7 Å². The third-order valence-electron chi connectivity index (χ3n) is 3.08. The molecule has 0 spiro atoms. The van der Waals surface area contributed by atoms with Gasteiger partial charge in [0.15, 0.2) is 5.78 Å². The molecule has 1 aliphatic rings. The minimum absolute atomic E-state index is 0.0789. The van der Waals surface area contributed by atoms with Crippen LogP contribution in [0.15, 0.2) is 0 Å². The number of carboxylic acids is 1. The quantitative estimate of drug-likeness (QED) is 0.708. The summed E-state index contributed by atoms with van der Waals surface area (Å²) in [4.78, 5) is 24.9. The van der Waals surface area contributed by atoms with E-state index in [1.807, 2.05) is 7.05 Å². The van der Waals surface area contributed by atoms with Gasteiger partial charge in [-0.25, -0.2) is 0 Å². The van der Waals surface area contributed by atoms with E-state index in [1.54, 1.807) is 6.92 Å². The molecule has 0 aromatic rings. The Bertz CT molecular complexity index is 252. The Balaban J connectivity index is 2.61. The predicted octanol–water partition coefficient (Wildman–Crippen LogP) is 1.01. The van der Waals surface area contributed by atoms with Gasteiger partial charge >= 0.3 is 5.97 Å². The largest absolute Gasteiger partial charge is 0.481 e. The average Bonchev–Trinajstić information content (AvgIpc) is 2.18. The van der Waals surface area contributed by atoms with Crippen molar-refractivity contribution in [1.82, 2.24) is 4.90 Å². The molecule has 1 N–H and O–H groups in total. The summed E-state index contributed by atoms with van der Waals surface area (Å²) in [5.74, 6) is -1.95. The molecule has 1 aliphatic heterocycles. The van der Waals surface area contributed by atoms with E-state index in [0.717, 1.165) is 19.4 Å². The molecular formula is C11H19NO3. The van der Waals surface area contributed by atoms with Gasteiger partial charge in [0, 0.05) is 12.5 Å². The number of ketones is 1. The highest BCUT2D eigenvalue weighted by molar-refractivity contribution is 5.99. The predicted molar refractivity (Wildman–Crippen MR) is 56.6 cm³/mol. The van der Waals surface area contributed by atoms with Crippen LogP contribution in [0.25, 0.3) is 0 Å². The van der Waals surface area contributed by atoms with Gasteiger partial charge < -0.3 is 10.0 Å². The lowest BCUT2D eigenvalue weighted by Crippen LogP contribution is -2.40. The summed E-state index contributed by atoms with van der Waals surface area (Å²) in [5.41, 5.74) is 0. The fourth-order valence-electron chi connectivity index (χ4n) is 2.18. The minimum atomic E-state index is -0.976. The SMILES string of the molecule is CCC(C(=O)O)C(=O)C1CCCN(C)C1. The van der Waals surface area contributed by atoms with Gasteiger partial charge in [0.05, 0.1) is 0 Å². The topological polar surface area (TPSA) is 57.6 Å². The van der Waals surface area contributed by atoms with Crippen LogP contribution in [0.4, 0.5) is 0 Å². The van der Waals surface area contributed by atoms with Gasteiger partial charge in [0.2, 0.25) is 0 Å². The summed E-state index contributed by atoms with van der Waals surface area (Å²) in [6.45, 7) is 3.47. The number of carbonyl (C=O) groups is 2. The van der Waals surface area contributed by atoms with Crippen molar-refractivity contribution in [2.24, 2.45) is 11.8 Å². The highest BCUT2D eigenvalue weighted by Gasteiger charge is 2.32. The molecule has 1 fully saturated rings. The number of nitrogens with zero attached hydrogens (tertiary/aromatic N) is 1. The number of Topliss-reactive ketones (excluding diaryl/α,β-unsaturated/α-hetero) is 1. The molecule has 4 nitrogen and oxygen atoms in total. The number of aliphatic carboxylic acids is 1. The molecule has 1 heterocycles. The molecule has 0 amide bonds. The summed E-state index contributed by atoms with van der Waals surface area (Å²) in [7, 11) is 1.97. The third kappa shape index (κ3) is 3.02. The number of piperidine rings is 1. The fourth-order valence-corrected chi connectivity index (χ4v) is 2.18. The van der Waals surface area contributed by atoms with Gasteiger partial charge in [0.25, 0.3) is 0 Å². The Labute approximate surface area is 90.3 Å². The van der Waals surface area contributed by atoms with Crippen molar-refractivity contribution >= 4 is 11.8 Å². The second-order valence-electron chi connectivity index (χ2n) is 4.30. The van der Waals surface area contributed by atoms with Crippen molar-refractivity contribution < 1.29 is 14.7 Å². The molecule has 15 heavy (non-hydrogen) atoms.